The van der Waals surface area contributed by atoms with Gasteiger partial charge in [0.1, 0.15) is 0 Å². The van der Waals surface area contributed by atoms with Gasteiger partial charge in [0.05, 0.1) is 6.10 Å². The van der Waals surface area contributed by atoms with Gasteiger partial charge in [-0.3, -0.25) is 0 Å². The topological polar surface area (TPSA) is 9.23 Å². The maximum Gasteiger partial charge on any atom is 0.0589 e. The van der Waals surface area contributed by atoms with E-state index in [2.05, 4.69) is 53.2 Å². The fraction of sp³-hybridized carbons (Fsp3) is 0.500. The van der Waals surface area contributed by atoms with Gasteiger partial charge in [-0.25, -0.2) is 0 Å². The van der Waals surface area contributed by atoms with Crippen LogP contribution in [0.1, 0.15) is 23.7 Å². The zero-order valence-electron chi connectivity index (χ0n) is 8.32. The van der Waals surface area contributed by atoms with Crippen LogP contribution in [-0.4, -0.2) is 12.7 Å². The van der Waals surface area contributed by atoms with Crippen LogP contribution in [0.5, 0.6) is 0 Å². The summed E-state index contributed by atoms with van der Waals surface area (Å²) in [6.45, 7) is 3.07. The second-order valence-electron chi connectivity index (χ2n) is 3.84. The van der Waals surface area contributed by atoms with Gasteiger partial charge in [-0.2, -0.15) is 0 Å². The highest BCUT2D eigenvalue weighted by Crippen LogP contribution is 2.38. The predicted octanol–water partition coefficient (Wildman–Crippen LogP) is 3.55. The van der Waals surface area contributed by atoms with Crippen molar-refractivity contribution >= 4 is 15.9 Å². The highest BCUT2D eigenvalue weighted by Gasteiger charge is 2.30. The van der Waals surface area contributed by atoms with Gasteiger partial charge in [-0.1, -0.05) is 46.3 Å². The molecule has 14 heavy (non-hydrogen) atoms. The third-order valence-electron chi connectivity index (χ3n) is 2.93. The van der Waals surface area contributed by atoms with Crippen molar-refractivity contribution < 1.29 is 4.74 Å². The van der Waals surface area contributed by atoms with Crippen LogP contribution in [0.3, 0.4) is 0 Å². The maximum atomic E-state index is 5.58. The fourth-order valence-corrected chi connectivity index (χ4v) is 3.02. The molecule has 1 aromatic rings. The molecule has 2 heteroatoms. The van der Waals surface area contributed by atoms with Crippen LogP contribution < -0.4 is 0 Å². The number of rotatable bonds is 2. The van der Waals surface area contributed by atoms with Crippen LogP contribution in [-0.2, 0) is 4.74 Å². The van der Waals surface area contributed by atoms with Crippen LogP contribution in [0.4, 0.5) is 0 Å². The van der Waals surface area contributed by atoms with E-state index in [0.717, 1.165) is 13.0 Å². The van der Waals surface area contributed by atoms with Gasteiger partial charge < -0.3 is 4.74 Å². The summed E-state index contributed by atoms with van der Waals surface area (Å²) in [5, 5.41) is 0. The molecule has 0 N–H and O–H groups in total. The maximum absolute atomic E-state index is 5.58. The predicted molar refractivity (Wildman–Crippen MR) is 61.6 cm³/mol. The third-order valence-corrected chi connectivity index (χ3v) is 4.14. The minimum absolute atomic E-state index is 0.375. The first kappa shape index (κ1) is 10.2. The fourth-order valence-electron chi connectivity index (χ4n) is 2.02. The molecule has 3 atom stereocenters. The second kappa shape index (κ2) is 4.45. The lowest BCUT2D eigenvalue weighted by molar-refractivity contribution is 0.105. The average molecular weight is 255 g/mol. The van der Waals surface area contributed by atoms with Crippen LogP contribution >= 0.6 is 15.9 Å². The molecule has 1 aliphatic rings. The van der Waals surface area contributed by atoms with Gasteiger partial charge in [0.15, 0.2) is 0 Å². The van der Waals surface area contributed by atoms with Crippen molar-refractivity contribution in [2.24, 2.45) is 5.92 Å². The lowest BCUT2D eigenvalue weighted by atomic mass is 9.94. The first-order valence-electron chi connectivity index (χ1n) is 5.09. The molecule has 0 amide bonds. The van der Waals surface area contributed by atoms with Crippen molar-refractivity contribution in [3.8, 4) is 0 Å². The smallest absolute Gasteiger partial charge is 0.0589 e. The van der Waals surface area contributed by atoms with Gasteiger partial charge >= 0.3 is 0 Å². The van der Waals surface area contributed by atoms with Crippen LogP contribution in [0.25, 0.3) is 0 Å². The number of hydrogen-bond donors (Lipinski definition) is 0. The molecule has 0 saturated carbocycles. The molecule has 1 heterocycles. The Morgan fingerprint density at radius 2 is 2.07 bits per heavy atom. The molecule has 1 saturated heterocycles. The Morgan fingerprint density at radius 1 is 1.36 bits per heavy atom. The Labute approximate surface area is 93.6 Å². The van der Waals surface area contributed by atoms with Gasteiger partial charge in [-0.05, 0) is 18.9 Å². The summed E-state index contributed by atoms with van der Waals surface area (Å²) in [6, 6.07) is 10.6. The number of halogens is 1. The van der Waals surface area contributed by atoms with E-state index in [4.69, 9.17) is 4.74 Å². The van der Waals surface area contributed by atoms with Gasteiger partial charge in [0.25, 0.3) is 0 Å². The minimum atomic E-state index is 0.375. The Bertz CT molecular complexity index is 286. The van der Waals surface area contributed by atoms with E-state index in [0.29, 0.717) is 16.8 Å². The Morgan fingerprint density at radius 3 is 2.64 bits per heavy atom. The lowest BCUT2D eigenvalue weighted by Gasteiger charge is -2.20. The molecule has 1 aliphatic heterocycles. The van der Waals surface area contributed by atoms with Crippen molar-refractivity contribution in [2.75, 3.05) is 6.61 Å². The Hall–Kier alpha value is -0.340. The first-order chi connectivity index (χ1) is 6.79. The Balaban J connectivity index is 2.12. The average Bonchev–Trinajstić information content (AvgIpc) is 2.65. The summed E-state index contributed by atoms with van der Waals surface area (Å²) in [5.41, 5.74) is 1.36. The second-order valence-corrected chi connectivity index (χ2v) is 4.83. The van der Waals surface area contributed by atoms with Gasteiger partial charge in [-0.15, -0.1) is 0 Å². The molecular weight excluding hydrogens is 240 g/mol. The zero-order valence-corrected chi connectivity index (χ0v) is 9.91. The molecule has 0 radical (unpaired) electrons. The molecule has 0 bridgehead atoms. The number of hydrogen-bond acceptors (Lipinski definition) is 1. The molecule has 1 nitrogen and oxygen atoms in total. The van der Waals surface area contributed by atoms with Crippen molar-refractivity contribution in [1.82, 2.24) is 0 Å². The summed E-state index contributed by atoms with van der Waals surface area (Å²) in [4.78, 5) is 0.432. The number of ether oxygens (including phenoxy) is 1. The lowest BCUT2D eigenvalue weighted by Crippen LogP contribution is -2.16. The summed E-state index contributed by atoms with van der Waals surface area (Å²) >= 11 is 3.77. The normalized spacial score (nSPS) is 29.0. The van der Waals surface area contributed by atoms with Crippen molar-refractivity contribution in [2.45, 2.75) is 24.3 Å². The standard InChI is InChI=1S/C12H15BrO/c1-9-11(7-8-14-9)12(13)10-5-3-2-4-6-10/h2-6,9,11-12H,7-8H2,1H3. The van der Waals surface area contributed by atoms with Crippen molar-refractivity contribution in [1.29, 1.82) is 0 Å². The monoisotopic (exact) mass is 254 g/mol. The third kappa shape index (κ3) is 2.01. The highest BCUT2D eigenvalue weighted by molar-refractivity contribution is 9.09. The number of alkyl halides is 1. The van der Waals surface area contributed by atoms with Crippen LogP contribution in [0.2, 0.25) is 0 Å². The van der Waals surface area contributed by atoms with Crippen LogP contribution in [0, 0.1) is 5.92 Å². The van der Waals surface area contributed by atoms with E-state index in [1.165, 1.54) is 5.56 Å². The van der Waals surface area contributed by atoms with E-state index in [1.54, 1.807) is 0 Å². The van der Waals surface area contributed by atoms with E-state index in [-0.39, 0.29) is 0 Å². The van der Waals surface area contributed by atoms with Crippen molar-refractivity contribution in [3.05, 3.63) is 35.9 Å². The molecule has 0 spiro atoms. The summed E-state index contributed by atoms with van der Waals surface area (Å²) in [5.74, 6) is 0.609. The largest absolute Gasteiger partial charge is 0.378 e. The Kier molecular flexibility index (Phi) is 3.24. The van der Waals surface area contributed by atoms with E-state index < -0.39 is 0 Å². The SMILES string of the molecule is CC1OCCC1C(Br)c1ccccc1. The summed E-state index contributed by atoms with van der Waals surface area (Å²) < 4.78 is 5.58. The molecule has 3 unspecified atom stereocenters. The molecule has 76 valence electrons. The zero-order chi connectivity index (χ0) is 9.97. The van der Waals surface area contributed by atoms with Crippen molar-refractivity contribution in [3.63, 3.8) is 0 Å². The molecule has 2 rings (SSSR count). The van der Waals surface area contributed by atoms with Gasteiger partial charge in [0, 0.05) is 17.4 Å². The first-order valence-corrected chi connectivity index (χ1v) is 6.01. The molecule has 1 fully saturated rings. The van der Waals surface area contributed by atoms with Crippen LogP contribution in [0.15, 0.2) is 30.3 Å². The molecule has 0 aromatic heterocycles. The number of benzene rings is 1. The summed E-state index contributed by atoms with van der Waals surface area (Å²) in [7, 11) is 0. The van der Waals surface area contributed by atoms with Gasteiger partial charge in [0.2, 0.25) is 0 Å². The van der Waals surface area contributed by atoms with E-state index in [9.17, 15) is 0 Å². The minimum Gasteiger partial charge on any atom is -0.378 e. The molecule has 1 aromatic carbocycles. The van der Waals surface area contributed by atoms with E-state index >= 15 is 0 Å². The molecule has 0 aliphatic carbocycles. The molecular formula is C12H15BrO. The summed E-state index contributed by atoms with van der Waals surface area (Å²) in [6.07, 6.45) is 1.53. The quantitative estimate of drug-likeness (QED) is 0.734. The van der Waals surface area contributed by atoms with E-state index in [1.807, 2.05) is 0 Å². The highest BCUT2D eigenvalue weighted by atomic mass is 79.9.